The summed E-state index contributed by atoms with van der Waals surface area (Å²) in [6.45, 7) is 2.03. The zero-order valence-corrected chi connectivity index (χ0v) is 14.9. The molecule has 0 aliphatic carbocycles. The summed E-state index contributed by atoms with van der Waals surface area (Å²) in [4.78, 5) is 14.9. The highest BCUT2D eigenvalue weighted by atomic mass is 35.5. The lowest BCUT2D eigenvalue weighted by atomic mass is 9.99. The Morgan fingerprint density at radius 2 is 2.04 bits per heavy atom. The van der Waals surface area contributed by atoms with Crippen molar-refractivity contribution in [2.24, 2.45) is 5.92 Å². The van der Waals surface area contributed by atoms with E-state index in [4.69, 9.17) is 11.6 Å². The van der Waals surface area contributed by atoms with Crippen LogP contribution in [0.3, 0.4) is 0 Å². The molecule has 0 amide bonds. The topological polar surface area (TPSA) is 44.8 Å². The first-order valence-corrected chi connectivity index (χ1v) is 9.22. The number of halogens is 1. The minimum absolute atomic E-state index is 0.614. The number of nitrogens with zero attached hydrogens (tertiary/aromatic N) is 3. The largest absolute Gasteiger partial charge is 0.357 e. The van der Waals surface area contributed by atoms with Gasteiger partial charge in [-0.3, -0.25) is 0 Å². The summed E-state index contributed by atoms with van der Waals surface area (Å²) < 4.78 is 0. The molecule has 4 rings (SSSR count). The molecule has 2 aromatic heterocycles. The quantitative estimate of drug-likeness (QED) is 0.681. The van der Waals surface area contributed by atoms with Crippen LogP contribution in [0.5, 0.6) is 0 Å². The lowest BCUT2D eigenvalue weighted by molar-refractivity contribution is 0.444. The maximum Gasteiger partial charge on any atom is 0.140 e. The van der Waals surface area contributed by atoms with E-state index in [1.165, 1.54) is 0 Å². The van der Waals surface area contributed by atoms with E-state index in [1.54, 1.807) is 6.20 Å². The number of aromatic amines is 1. The second-order valence-electron chi connectivity index (χ2n) is 6.24. The first kappa shape index (κ1) is 15.8. The van der Waals surface area contributed by atoms with Gasteiger partial charge in [0.25, 0.3) is 0 Å². The van der Waals surface area contributed by atoms with Crippen LogP contribution in [0.15, 0.2) is 36.5 Å². The summed E-state index contributed by atoms with van der Waals surface area (Å²) in [5, 5.41) is 0.614. The molecule has 0 spiro atoms. The van der Waals surface area contributed by atoms with Gasteiger partial charge in [-0.2, -0.15) is 12.6 Å². The molecule has 3 heterocycles. The summed E-state index contributed by atoms with van der Waals surface area (Å²) in [7, 11) is 0. The second-order valence-corrected chi connectivity index (χ2v) is 7.01. The van der Waals surface area contributed by atoms with Crippen LogP contribution in [0.4, 0.5) is 5.82 Å². The second kappa shape index (κ2) is 6.65. The van der Waals surface area contributed by atoms with Gasteiger partial charge < -0.3 is 9.88 Å². The number of piperidine rings is 1. The predicted octanol–water partition coefficient (Wildman–Crippen LogP) is 4.42. The number of fused-ring (bicyclic) bond motifs is 1. The van der Waals surface area contributed by atoms with Crippen molar-refractivity contribution in [1.29, 1.82) is 0 Å². The molecule has 6 heteroatoms. The summed E-state index contributed by atoms with van der Waals surface area (Å²) in [6, 6.07) is 10.0. The fourth-order valence-electron chi connectivity index (χ4n) is 3.21. The van der Waals surface area contributed by atoms with E-state index in [-0.39, 0.29) is 0 Å². The number of hydrogen-bond donors (Lipinski definition) is 2. The third-order valence-electron chi connectivity index (χ3n) is 4.68. The Morgan fingerprint density at radius 1 is 1.25 bits per heavy atom. The van der Waals surface area contributed by atoms with Gasteiger partial charge in [-0.25, -0.2) is 9.97 Å². The average molecular weight is 359 g/mol. The van der Waals surface area contributed by atoms with Crippen molar-refractivity contribution in [3.63, 3.8) is 0 Å². The van der Waals surface area contributed by atoms with Crippen LogP contribution < -0.4 is 4.90 Å². The standard InChI is InChI=1S/C18H19ClN4S/c19-14-10-20-17(23-7-5-12(11-24)6-8-23)9-13(14)18-21-15-3-1-2-4-16(15)22-18/h1-4,9-10,12,24H,5-8,11H2,(H,21,22). The minimum atomic E-state index is 0.614. The molecule has 3 aromatic rings. The molecule has 1 saturated heterocycles. The molecule has 4 nitrogen and oxygen atoms in total. The van der Waals surface area contributed by atoms with Crippen molar-refractivity contribution in [3.8, 4) is 11.4 Å². The van der Waals surface area contributed by atoms with Crippen LogP contribution in [-0.4, -0.2) is 33.8 Å². The SMILES string of the molecule is SCC1CCN(c2cc(-c3nc4ccccc4[nH]3)c(Cl)cn2)CC1. The molecule has 24 heavy (non-hydrogen) atoms. The molecule has 1 fully saturated rings. The van der Waals surface area contributed by atoms with E-state index >= 15 is 0 Å². The van der Waals surface area contributed by atoms with Crippen molar-refractivity contribution in [3.05, 3.63) is 41.6 Å². The third-order valence-corrected chi connectivity index (χ3v) is 5.50. The number of rotatable bonds is 3. The van der Waals surface area contributed by atoms with E-state index in [0.717, 1.165) is 59.9 Å². The molecule has 1 aliphatic heterocycles. The molecule has 1 N–H and O–H groups in total. The predicted molar refractivity (Wildman–Crippen MR) is 103 cm³/mol. The zero-order chi connectivity index (χ0) is 16.5. The fourth-order valence-corrected chi connectivity index (χ4v) is 3.77. The molecule has 0 unspecified atom stereocenters. The Labute approximate surface area is 151 Å². The highest BCUT2D eigenvalue weighted by Gasteiger charge is 2.20. The van der Waals surface area contributed by atoms with Crippen LogP contribution in [0.25, 0.3) is 22.4 Å². The Bertz CT molecular complexity index is 822. The number of hydrogen-bond acceptors (Lipinski definition) is 4. The molecular formula is C18H19ClN4S. The van der Waals surface area contributed by atoms with E-state index in [2.05, 4.69) is 32.5 Å². The van der Waals surface area contributed by atoms with E-state index in [1.807, 2.05) is 30.3 Å². The summed E-state index contributed by atoms with van der Waals surface area (Å²) >= 11 is 10.8. The van der Waals surface area contributed by atoms with Crippen LogP contribution in [-0.2, 0) is 0 Å². The molecular weight excluding hydrogens is 340 g/mol. The molecule has 0 atom stereocenters. The first-order chi connectivity index (χ1) is 11.7. The lowest BCUT2D eigenvalue weighted by Gasteiger charge is -2.32. The zero-order valence-electron chi connectivity index (χ0n) is 13.2. The van der Waals surface area contributed by atoms with Gasteiger partial charge in [0.15, 0.2) is 0 Å². The number of nitrogens with one attached hydrogen (secondary N) is 1. The van der Waals surface area contributed by atoms with Gasteiger partial charge in [0.05, 0.1) is 16.1 Å². The Kier molecular flexibility index (Phi) is 4.37. The first-order valence-electron chi connectivity index (χ1n) is 8.21. The van der Waals surface area contributed by atoms with Crippen LogP contribution >= 0.6 is 24.2 Å². The molecule has 124 valence electrons. The van der Waals surface area contributed by atoms with Gasteiger partial charge in [-0.1, -0.05) is 23.7 Å². The van der Waals surface area contributed by atoms with Gasteiger partial charge in [0, 0.05) is 24.8 Å². The highest BCUT2D eigenvalue weighted by molar-refractivity contribution is 7.80. The monoisotopic (exact) mass is 358 g/mol. The maximum absolute atomic E-state index is 6.39. The molecule has 0 saturated carbocycles. The number of anilines is 1. The molecule has 1 aromatic carbocycles. The smallest absolute Gasteiger partial charge is 0.140 e. The number of H-pyrrole nitrogens is 1. The van der Waals surface area contributed by atoms with Gasteiger partial charge >= 0.3 is 0 Å². The summed E-state index contributed by atoms with van der Waals surface area (Å²) in [5.74, 6) is 3.43. The van der Waals surface area contributed by atoms with Gasteiger partial charge in [-0.05, 0) is 42.7 Å². The average Bonchev–Trinajstić information content (AvgIpc) is 3.06. The van der Waals surface area contributed by atoms with Crippen LogP contribution in [0.1, 0.15) is 12.8 Å². The van der Waals surface area contributed by atoms with Crippen LogP contribution in [0.2, 0.25) is 5.02 Å². The van der Waals surface area contributed by atoms with Gasteiger partial charge in [0.2, 0.25) is 0 Å². The third kappa shape index (κ3) is 2.98. The Hall–Kier alpha value is -1.72. The van der Waals surface area contributed by atoms with E-state index in [9.17, 15) is 0 Å². The number of para-hydroxylation sites is 2. The number of imidazole rings is 1. The summed E-state index contributed by atoms with van der Waals surface area (Å²) in [6.07, 6.45) is 4.05. The maximum atomic E-state index is 6.39. The van der Waals surface area contributed by atoms with Crippen molar-refractivity contribution >= 4 is 41.1 Å². The van der Waals surface area contributed by atoms with Crippen LogP contribution in [0, 0.1) is 5.92 Å². The Balaban J connectivity index is 1.66. The summed E-state index contributed by atoms with van der Waals surface area (Å²) in [5.41, 5.74) is 2.85. The molecule has 0 bridgehead atoms. The van der Waals surface area contributed by atoms with Crippen molar-refractivity contribution < 1.29 is 0 Å². The number of pyridine rings is 1. The lowest BCUT2D eigenvalue weighted by Crippen LogP contribution is -2.34. The molecule has 1 aliphatic rings. The number of benzene rings is 1. The van der Waals surface area contributed by atoms with Gasteiger partial charge in [-0.15, -0.1) is 0 Å². The minimum Gasteiger partial charge on any atom is -0.357 e. The van der Waals surface area contributed by atoms with Crippen molar-refractivity contribution in [2.45, 2.75) is 12.8 Å². The number of aromatic nitrogens is 3. The Morgan fingerprint density at radius 3 is 2.79 bits per heavy atom. The molecule has 0 radical (unpaired) electrons. The van der Waals surface area contributed by atoms with E-state index in [0.29, 0.717) is 10.9 Å². The highest BCUT2D eigenvalue weighted by Crippen LogP contribution is 2.31. The normalized spacial score (nSPS) is 16.0. The van der Waals surface area contributed by atoms with Gasteiger partial charge in [0.1, 0.15) is 11.6 Å². The van der Waals surface area contributed by atoms with E-state index < -0.39 is 0 Å². The van der Waals surface area contributed by atoms with Crippen molar-refractivity contribution in [2.75, 3.05) is 23.7 Å². The fraction of sp³-hybridized carbons (Fsp3) is 0.333. The number of thiol groups is 1. The van der Waals surface area contributed by atoms with Crippen molar-refractivity contribution in [1.82, 2.24) is 15.0 Å².